The summed E-state index contributed by atoms with van der Waals surface area (Å²) in [5.41, 5.74) is 4.44. The van der Waals surface area contributed by atoms with Gasteiger partial charge in [-0.05, 0) is 74.5 Å². The van der Waals surface area contributed by atoms with Crippen LogP contribution in [0.15, 0.2) is 97.6 Å². The van der Waals surface area contributed by atoms with Gasteiger partial charge in [-0.15, -0.1) is 0 Å². The lowest BCUT2D eigenvalue weighted by Crippen LogP contribution is -2.25. The molecule has 0 bridgehead atoms. The van der Waals surface area contributed by atoms with Gasteiger partial charge in [-0.1, -0.05) is 43.5 Å². The predicted octanol–water partition coefficient (Wildman–Crippen LogP) is 5.92. The summed E-state index contributed by atoms with van der Waals surface area (Å²) in [6.45, 7) is 5.53. The van der Waals surface area contributed by atoms with Crippen LogP contribution in [0.25, 0.3) is 0 Å². The quantitative estimate of drug-likeness (QED) is 0.180. The third-order valence-corrected chi connectivity index (χ3v) is 6.40. The second kappa shape index (κ2) is 15.6. The maximum Gasteiger partial charge on any atom is 0.0544 e. The average Bonchev–Trinajstić information content (AvgIpc) is 2.94. The fraction of sp³-hybridized carbons (Fsp3) is 0.355. The number of hydrogen-bond donors (Lipinski definition) is 0. The zero-order valence-corrected chi connectivity index (χ0v) is 21.7. The molecule has 4 rings (SSSR count). The van der Waals surface area contributed by atoms with Crippen molar-refractivity contribution in [2.75, 3.05) is 13.1 Å². The fourth-order valence-corrected chi connectivity index (χ4v) is 4.51. The van der Waals surface area contributed by atoms with Gasteiger partial charge >= 0.3 is 0 Å². The molecular weight excluding hydrogens is 456 g/mol. The van der Waals surface area contributed by atoms with E-state index in [-0.39, 0.29) is 0 Å². The molecule has 4 aromatic rings. The van der Waals surface area contributed by atoms with Gasteiger partial charge in [-0.25, -0.2) is 0 Å². The molecule has 0 unspecified atom stereocenters. The molecule has 0 spiro atoms. The molecule has 6 nitrogen and oxygen atoms in total. The van der Waals surface area contributed by atoms with E-state index < -0.39 is 0 Å². The van der Waals surface area contributed by atoms with Crippen molar-refractivity contribution >= 4 is 0 Å². The van der Waals surface area contributed by atoms with Crippen molar-refractivity contribution in [2.24, 2.45) is 0 Å². The van der Waals surface area contributed by atoms with E-state index >= 15 is 0 Å². The third-order valence-electron chi connectivity index (χ3n) is 6.40. The van der Waals surface area contributed by atoms with Crippen molar-refractivity contribution in [1.29, 1.82) is 0 Å². The highest BCUT2D eigenvalue weighted by atomic mass is 15.1. The molecule has 4 aromatic heterocycles. The van der Waals surface area contributed by atoms with Gasteiger partial charge in [0.05, 0.1) is 22.8 Å². The summed E-state index contributed by atoms with van der Waals surface area (Å²) in [6, 6.07) is 24.6. The zero-order chi connectivity index (χ0) is 25.4. The van der Waals surface area contributed by atoms with Gasteiger partial charge in [-0.2, -0.15) is 0 Å². The topological polar surface area (TPSA) is 58.0 Å². The minimum absolute atomic E-state index is 0.855. The van der Waals surface area contributed by atoms with Crippen LogP contribution in [-0.4, -0.2) is 42.8 Å². The third kappa shape index (κ3) is 10.2. The summed E-state index contributed by atoms with van der Waals surface area (Å²) in [4.78, 5) is 23.0. The largest absolute Gasteiger partial charge is 0.292 e. The van der Waals surface area contributed by atoms with Gasteiger partial charge in [0.2, 0.25) is 0 Å². The summed E-state index contributed by atoms with van der Waals surface area (Å²) >= 11 is 0. The molecule has 6 heteroatoms. The van der Waals surface area contributed by atoms with Crippen molar-refractivity contribution in [3.8, 4) is 0 Å². The van der Waals surface area contributed by atoms with Gasteiger partial charge in [-0.3, -0.25) is 29.7 Å². The van der Waals surface area contributed by atoms with Crippen LogP contribution in [0.4, 0.5) is 0 Å². The number of hydrogen-bond acceptors (Lipinski definition) is 6. The van der Waals surface area contributed by atoms with E-state index in [1.165, 1.54) is 32.1 Å². The number of rotatable bonds is 16. The fourth-order valence-electron chi connectivity index (χ4n) is 4.51. The molecule has 0 radical (unpaired) electrons. The second-order valence-electron chi connectivity index (χ2n) is 9.47. The Labute approximate surface area is 221 Å². The lowest BCUT2D eigenvalue weighted by atomic mass is 10.1. The van der Waals surface area contributed by atoms with E-state index in [0.29, 0.717) is 0 Å². The Kier molecular flexibility index (Phi) is 11.2. The molecule has 0 fully saturated rings. The first-order valence-corrected chi connectivity index (χ1v) is 13.4. The average molecular weight is 495 g/mol. The minimum atomic E-state index is 0.855. The molecule has 0 N–H and O–H groups in total. The molecule has 0 aliphatic carbocycles. The molecule has 0 amide bonds. The molecular formula is C31H38N6. The van der Waals surface area contributed by atoms with Crippen molar-refractivity contribution in [3.05, 3.63) is 120 Å². The van der Waals surface area contributed by atoms with Gasteiger partial charge in [0.25, 0.3) is 0 Å². The normalized spacial score (nSPS) is 11.3. The molecule has 0 aromatic carbocycles. The summed E-state index contributed by atoms with van der Waals surface area (Å²) in [7, 11) is 0. The highest BCUT2D eigenvalue weighted by Crippen LogP contribution is 2.13. The van der Waals surface area contributed by atoms with E-state index in [0.717, 1.165) is 62.0 Å². The van der Waals surface area contributed by atoms with Gasteiger partial charge in [0.1, 0.15) is 0 Å². The first kappa shape index (κ1) is 26.6. The lowest BCUT2D eigenvalue weighted by Gasteiger charge is -2.22. The Bertz CT molecular complexity index is 936. The Morgan fingerprint density at radius 1 is 0.378 bits per heavy atom. The number of nitrogens with zero attached hydrogens (tertiary/aromatic N) is 6. The molecule has 0 atom stereocenters. The zero-order valence-electron chi connectivity index (χ0n) is 21.7. The maximum absolute atomic E-state index is 4.53. The van der Waals surface area contributed by atoms with E-state index in [1.54, 1.807) is 0 Å². The van der Waals surface area contributed by atoms with Gasteiger partial charge in [0, 0.05) is 51.0 Å². The van der Waals surface area contributed by atoms with Crippen LogP contribution in [0.5, 0.6) is 0 Å². The van der Waals surface area contributed by atoms with Crippen LogP contribution >= 0.6 is 0 Å². The lowest BCUT2D eigenvalue weighted by molar-refractivity contribution is 0.238. The Balaban J connectivity index is 1.20. The molecule has 4 heterocycles. The van der Waals surface area contributed by atoms with Crippen molar-refractivity contribution < 1.29 is 0 Å². The van der Waals surface area contributed by atoms with Gasteiger partial charge in [0.15, 0.2) is 0 Å². The summed E-state index contributed by atoms with van der Waals surface area (Å²) < 4.78 is 0. The molecule has 0 saturated carbocycles. The summed E-state index contributed by atoms with van der Waals surface area (Å²) in [5, 5.41) is 0. The smallest absolute Gasteiger partial charge is 0.0544 e. The van der Waals surface area contributed by atoms with Crippen LogP contribution in [0.3, 0.4) is 0 Å². The van der Waals surface area contributed by atoms with Crippen LogP contribution in [0.1, 0.15) is 54.9 Å². The Morgan fingerprint density at radius 3 is 0.946 bits per heavy atom. The molecule has 0 aliphatic rings. The summed E-state index contributed by atoms with van der Waals surface area (Å²) in [5.74, 6) is 0. The number of pyridine rings is 4. The Hall–Kier alpha value is -3.48. The van der Waals surface area contributed by atoms with Crippen molar-refractivity contribution in [1.82, 2.24) is 29.7 Å². The van der Waals surface area contributed by atoms with Gasteiger partial charge < -0.3 is 0 Å². The highest BCUT2D eigenvalue weighted by Gasteiger charge is 2.10. The number of unbranched alkanes of at least 4 members (excludes halogenated alkanes) is 4. The molecule has 0 aliphatic heterocycles. The van der Waals surface area contributed by atoms with Crippen LogP contribution in [0, 0.1) is 0 Å². The highest BCUT2D eigenvalue weighted by molar-refractivity contribution is 5.07. The molecule has 0 saturated heterocycles. The second-order valence-corrected chi connectivity index (χ2v) is 9.47. The minimum Gasteiger partial charge on any atom is -0.292 e. The predicted molar refractivity (Wildman–Crippen MR) is 148 cm³/mol. The van der Waals surface area contributed by atoms with Crippen LogP contribution < -0.4 is 0 Å². The molecule has 37 heavy (non-hydrogen) atoms. The van der Waals surface area contributed by atoms with Crippen LogP contribution in [-0.2, 0) is 26.2 Å². The molecule has 192 valence electrons. The number of aromatic nitrogens is 4. The SMILES string of the molecule is c1ccc(CN(CCCCCCCN(Cc2ccccn2)Cc2ccccn2)Cc2ccccn2)nc1. The standard InChI is InChI=1S/C31H38N6/c1(2-12-22-36(24-28-14-4-8-18-32-28)25-29-15-5-9-19-33-29)3-13-23-37(26-30-16-6-10-20-34-30)27-31-17-7-11-21-35-31/h4-11,14-21H,1-3,12-13,22-27H2. The first-order chi connectivity index (χ1) is 18.3. The van der Waals surface area contributed by atoms with E-state index in [9.17, 15) is 0 Å². The first-order valence-electron chi connectivity index (χ1n) is 13.4. The Morgan fingerprint density at radius 2 is 0.676 bits per heavy atom. The van der Waals surface area contributed by atoms with Crippen molar-refractivity contribution in [3.63, 3.8) is 0 Å². The summed E-state index contributed by atoms with van der Waals surface area (Å²) in [6.07, 6.45) is 13.6. The van der Waals surface area contributed by atoms with Crippen LogP contribution in [0.2, 0.25) is 0 Å². The van der Waals surface area contributed by atoms with E-state index in [1.807, 2.05) is 49.1 Å². The monoisotopic (exact) mass is 494 g/mol. The van der Waals surface area contributed by atoms with Crippen molar-refractivity contribution in [2.45, 2.75) is 58.3 Å². The maximum atomic E-state index is 4.53. The van der Waals surface area contributed by atoms with E-state index in [2.05, 4.69) is 78.3 Å². The van der Waals surface area contributed by atoms with E-state index in [4.69, 9.17) is 0 Å².